The molecule has 1 aromatic rings. The van der Waals surface area contributed by atoms with Crippen LogP contribution in [0.2, 0.25) is 0 Å². The van der Waals surface area contributed by atoms with E-state index in [0.717, 1.165) is 38.1 Å². The zero-order valence-corrected chi connectivity index (χ0v) is 17.5. The number of morpholine rings is 1. The molecule has 3 heterocycles. The molecule has 0 atom stereocenters. The van der Waals surface area contributed by atoms with Crippen molar-refractivity contribution in [2.24, 2.45) is 5.92 Å². The van der Waals surface area contributed by atoms with Gasteiger partial charge in [-0.05, 0) is 44.4 Å². The fourth-order valence-corrected chi connectivity index (χ4v) is 5.65. The summed E-state index contributed by atoms with van der Waals surface area (Å²) in [6, 6.07) is 0.653. The van der Waals surface area contributed by atoms with Gasteiger partial charge in [-0.3, -0.25) is 9.58 Å². The van der Waals surface area contributed by atoms with Crippen LogP contribution in [0.1, 0.15) is 81.9 Å². The standard InChI is InChI=1S/C23H38N4O/c1-2-7-21(8-3-1)27-18-22(23(24-27)20-5-4-6-20)26-11-9-19(10-12-26)17-25-13-15-28-16-14-25/h18-21H,1-17H2. The molecule has 0 radical (unpaired) electrons. The van der Waals surface area contributed by atoms with E-state index < -0.39 is 0 Å². The first-order valence-electron chi connectivity index (χ1n) is 12.0. The Morgan fingerprint density at radius 3 is 2.29 bits per heavy atom. The summed E-state index contributed by atoms with van der Waals surface area (Å²) >= 11 is 0. The van der Waals surface area contributed by atoms with Gasteiger partial charge in [0.2, 0.25) is 0 Å². The van der Waals surface area contributed by atoms with Crippen LogP contribution in [-0.4, -0.2) is 60.6 Å². The highest BCUT2D eigenvalue weighted by Gasteiger charge is 2.31. The number of ether oxygens (including phenoxy) is 1. The van der Waals surface area contributed by atoms with Gasteiger partial charge in [-0.25, -0.2) is 0 Å². The zero-order valence-electron chi connectivity index (χ0n) is 17.5. The van der Waals surface area contributed by atoms with E-state index in [4.69, 9.17) is 9.84 Å². The third-order valence-corrected chi connectivity index (χ3v) is 7.76. The van der Waals surface area contributed by atoms with Crippen LogP contribution in [0.4, 0.5) is 5.69 Å². The monoisotopic (exact) mass is 386 g/mol. The molecule has 28 heavy (non-hydrogen) atoms. The lowest BCUT2D eigenvalue weighted by Crippen LogP contribution is -2.43. The SMILES string of the molecule is c1c(N2CCC(CN3CCOCC3)CC2)c(C2CCC2)nn1C1CCCCC1. The van der Waals surface area contributed by atoms with Crippen molar-refractivity contribution in [1.29, 1.82) is 0 Å². The zero-order chi connectivity index (χ0) is 18.8. The van der Waals surface area contributed by atoms with E-state index in [1.165, 1.54) is 95.2 Å². The molecule has 0 bridgehead atoms. The Balaban J connectivity index is 1.24. The normalized spacial score (nSPS) is 26.5. The summed E-state index contributed by atoms with van der Waals surface area (Å²) in [5, 5.41) is 5.20. The molecule has 0 aromatic carbocycles. The van der Waals surface area contributed by atoms with E-state index in [0.29, 0.717) is 6.04 Å². The van der Waals surface area contributed by atoms with Crippen molar-refractivity contribution in [2.75, 3.05) is 50.8 Å². The summed E-state index contributed by atoms with van der Waals surface area (Å²) in [5.74, 6) is 1.58. The highest BCUT2D eigenvalue weighted by Crippen LogP contribution is 2.42. The summed E-state index contributed by atoms with van der Waals surface area (Å²) in [6.07, 6.45) is 16.0. The number of anilines is 1. The van der Waals surface area contributed by atoms with E-state index in [9.17, 15) is 0 Å². The van der Waals surface area contributed by atoms with E-state index in [1.807, 2.05) is 0 Å². The molecular formula is C23H38N4O. The van der Waals surface area contributed by atoms with Crippen molar-refractivity contribution >= 4 is 5.69 Å². The van der Waals surface area contributed by atoms with Gasteiger partial charge >= 0.3 is 0 Å². The van der Waals surface area contributed by atoms with Crippen molar-refractivity contribution in [3.05, 3.63) is 11.9 Å². The largest absolute Gasteiger partial charge is 0.379 e. The predicted molar refractivity (Wildman–Crippen MR) is 113 cm³/mol. The van der Waals surface area contributed by atoms with Gasteiger partial charge in [-0.15, -0.1) is 0 Å². The molecule has 2 saturated heterocycles. The summed E-state index contributed by atoms with van der Waals surface area (Å²) in [6.45, 7) is 7.79. The van der Waals surface area contributed by atoms with E-state index >= 15 is 0 Å². The van der Waals surface area contributed by atoms with E-state index in [2.05, 4.69) is 20.7 Å². The lowest BCUT2D eigenvalue weighted by molar-refractivity contribution is 0.0289. The van der Waals surface area contributed by atoms with Gasteiger partial charge in [0.05, 0.1) is 30.6 Å². The van der Waals surface area contributed by atoms with E-state index in [-0.39, 0.29) is 0 Å². The summed E-state index contributed by atoms with van der Waals surface area (Å²) in [4.78, 5) is 5.29. The first kappa shape index (κ1) is 18.9. The predicted octanol–water partition coefficient (Wildman–Crippen LogP) is 4.20. The topological polar surface area (TPSA) is 33.5 Å². The van der Waals surface area contributed by atoms with Crippen molar-refractivity contribution < 1.29 is 4.74 Å². The quantitative estimate of drug-likeness (QED) is 0.759. The fraction of sp³-hybridized carbons (Fsp3) is 0.870. The average molecular weight is 387 g/mol. The van der Waals surface area contributed by atoms with Crippen LogP contribution < -0.4 is 4.90 Å². The van der Waals surface area contributed by atoms with E-state index in [1.54, 1.807) is 0 Å². The van der Waals surface area contributed by atoms with Crippen LogP contribution in [-0.2, 0) is 4.74 Å². The van der Waals surface area contributed by atoms with Crippen LogP contribution in [0.15, 0.2) is 6.20 Å². The van der Waals surface area contributed by atoms with Crippen LogP contribution in [0.3, 0.4) is 0 Å². The van der Waals surface area contributed by atoms with Gasteiger partial charge in [0.1, 0.15) is 0 Å². The molecule has 5 nitrogen and oxygen atoms in total. The minimum atomic E-state index is 0.653. The lowest BCUT2D eigenvalue weighted by Gasteiger charge is -2.37. The van der Waals surface area contributed by atoms with Gasteiger partial charge in [-0.2, -0.15) is 5.10 Å². The summed E-state index contributed by atoms with van der Waals surface area (Å²) in [5.41, 5.74) is 2.92. The number of nitrogens with zero attached hydrogens (tertiary/aromatic N) is 4. The molecule has 4 aliphatic rings. The van der Waals surface area contributed by atoms with Gasteiger partial charge in [-0.1, -0.05) is 25.7 Å². The van der Waals surface area contributed by atoms with Gasteiger partial charge in [0.25, 0.3) is 0 Å². The number of hydrogen-bond donors (Lipinski definition) is 0. The van der Waals surface area contributed by atoms with Crippen LogP contribution in [0.5, 0.6) is 0 Å². The van der Waals surface area contributed by atoms with Gasteiger partial charge in [0.15, 0.2) is 0 Å². The molecule has 0 N–H and O–H groups in total. The second-order valence-corrected chi connectivity index (χ2v) is 9.64. The molecule has 5 rings (SSSR count). The Morgan fingerprint density at radius 1 is 0.857 bits per heavy atom. The van der Waals surface area contributed by atoms with Crippen molar-refractivity contribution in [3.63, 3.8) is 0 Å². The molecule has 2 aliphatic carbocycles. The smallest absolute Gasteiger partial charge is 0.0888 e. The minimum absolute atomic E-state index is 0.653. The third kappa shape index (κ3) is 4.11. The molecule has 0 amide bonds. The Bertz CT molecular complexity index is 621. The first-order chi connectivity index (χ1) is 13.9. The van der Waals surface area contributed by atoms with Crippen LogP contribution >= 0.6 is 0 Å². The lowest BCUT2D eigenvalue weighted by atomic mass is 9.82. The number of piperidine rings is 1. The van der Waals surface area contributed by atoms with Crippen LogP contribution in [0.25, 0.3) is 0 Å². The molecular weight excluding hydrogens is 348 g/mol. The fourth-order valence-electron chi connectivity index (χ4n) is 5.65. The van der Waals surface area contributed by atoms with Gasteiger partial charge < -0.3 is 9.64 Å². The third-order valence-electron chi connectivity index (χ3n) is 7.76. The molecule has 2 saturated carbocycles. The molecule has 156 valence electrons. The molecule has 1 aromatic heterocycles. The molecule has 2 aliphatic heterocycles. The highest BCUT2D eigenvalue weighted by atomic mass is 16.5. The molecule has 0 unspecified atom stereocenters. The second-order valence-electron chi connectivity index (χ2n) is 9.64. The molecule has 5 heteroatoms. The van der Waals surface area contributed by atoms with Crippen molar-refractivity contribution in [3.8, 4) is 0 Å². The minimum Gasteiger partial charge on any atom is -0.379 e. The Morgan fingerprint density at radius 2 is 1.61 bits per heavy atom. The Kier molecular flexibility index (Phi) is 5.91. The van der Waals surface area contributed by atoms with Crippen LogP contribution in [0, 0.1) is 5.92 Å². The maximum Gasteiger partial charge on any atom is 0.0888 e. The second kappa shape index (κ2) is 8.74. The first-order valence-corrected chi connectivity index (χ1v) is 12.0. The Labute approximate surface area is 170 Å². The summed E-state index contributed by atoms with van der Waals surface area (Å²) < 4.78 is 7.89. The van der Waals surface area contributed by atoms with Gasteiger partial charge in [0, 0.05) is 44.8 Å². The molecule has 4 fully saturated rings. The Hall–Kier alpha value is -1.07. The number of aromatic nitrogens is 2. The maximum absolute atomic E-state index is 5.51. The number of rotatable bonds is 5. The van der Waals surface area contributed by atoms with Crippen molar-refractivity contribution in [2.45, 2.75) is 76.2 Å². The average Bonchev–Trinajstić information content (AvgIpc) is 3.13. The number of hydrogen-bond acceptors (Lipinski definition) is 4. The van der Waals surface area contributed by atoms with Crippen molar-refractivity contribution in [1.82, 2.24) is 14.7 Å². The summed E-state index contributed by atoms with van der Waals surface area (Å²) in [7, 11) is 0. The maximum atomic E-state index is 5.51. The highest BCUT2D eigenvalue weighted by molar-refractivity contribution is 5.52. The molecule has 0 spiro atoms.